The minimum absolute atomic E-state index is 0.0526. The lowest BCUT2D eigenvalue weighted by molar-refractivity contribution is -0.119. The average Bonchev–Trinajstić information content (AvgIpc) is 2.75. The van der Waals surface area contributed by atoms with Gasteiger partial charge in [0.1, 0.15) is 6.61 Å². The summed E-state index contributed by atoms with van der Waals surface area (Å²) in [5.41, 5.74) is 2.77. The third kappa shape index (κ3) is 4.54. The number of amides is 1. The highest BCUT2D eigenvalue weighted by atomic mass is 32.1. The summed E-state index contributed by atoms with van der Waals surface area (Å²) in [6.07, 6.45) is 0. The van der Waals surface area contributed by atoms with Crippen molar-refractivity contribution in [1.82, 2.24) is 4.98 Å². The maximum absolute atomic E-state index is 11.5. The molecule has 6 heteroatoms. The van der Waals surface area contributed by atoms with E-state index in [0.717, 1.165) is 28.6 Å². The second kappa shape index (κ2) is 7.19. The van der Waals surface area contributed by atoms with Gasteiger partial charge in [0, 0.05) is 23.4 Å². The topological polar surface area (TPSA) is 63.2 Å². The first-order valence-electron chi connectivity index (χ1n) is 6.64. The summed E-state index contributed by atoms with van der Waals surface area (Å²) in [7, 11) is 1.50. The highest BCUT2D eigenvalue weighted by Gasteiger charge is 2.05. The third-order valence-electron chi connectivity index (χ3n) is 2.87. The number of thiazole rings is 1. The number of carbonyl (C=O) groups is 1. The number of aromatic nitrogens is 1. The normalized spacial score (nSPS) is 10.4. The van der Waals surface area contributed by atoms with E-state index in [0.29, 0.717) is 0 Å². The lowest BCUT2D eigenvalue weighted by Crippen LogP contribution is -2.17. The van der Waals surface area contributed by atoms with Crippen molar-refractivity contribution in [3.8, 4) is 0 Å². The molecule has 0 aliphatic heterocycles. The molecule has 1 aromatic heterocycles. The molecular weight excluding hydrogens is 286 g/mol. The van der Waals surface area contributed by atoms with Crippen molar-refractivity contribution >= 4 is 28.6 Å². The van der Waals surface area contributed by atoms with Crippen LogP contribution in [-0.4, -0.2) is 24.6 Å². The van der Waals surface area contributed by atoms with Gasteiger partial charge in [-0.25, -0.2) is 4.98 Å². The maximum atomic E-state index is 11.5. The van der Waals surface area contributed by atoms with Crippen LogP contribution in [0.3, 0.4) is 0 Å². The Labute approximate surface area is 128 Å². The second-order valence-corrected chi connectivity index (χ2v) is 5.94. The van der Waals surface area contributed by atoms with E-state index < -0.39 is 0 Å². The molecule has 0 atom stereocenters. The molecule has 0 radical (unpaired) electrons. The molecule has 0 unspecified atom stereocenters. The number of benzene rings is 1. The summed E-state index contributed by atoms with van der Waals surface area (Å²) in [4.78, 5) is 17.1. The van der Waals surface area contributed by atoms with Crippen molar-refractivity contribution in [2.45, 2.75) is 20.4 Å². The number of anilines is 2. The minimum Gasteiger partial charge on any atom is -0.380 e. The smallest absolute Gasteiger partial charge is 0.250 e. The van der Waals surface area contributed by atoms with Crippen LogP contribution in [0.5, 0.6) is 0 Å². The molecule has 2 N–H and O–H groups in total. The lowest BCUT2D eigenvalue weighted by atomic mass is 10.2. The van der Waals surface area contributed by atoms with Crippen molar-refractivity contribution in [2.75, 3.05) is 24.4 Å². The molecule has 0 aliphatic carbocycles. The minimum atomic E-state index is -0.163. The van der Waals surface area contributed by atoms with E-state index in [9.17, 15) is 4.79 Å². The van der Waals surface area contributed by atoms with Gasteiger partial charge in [0.25, 0.3) is 0 Å². The predicted molar refractivity (Wildman–Crippen MR) is 85.9 cm³/mol. The van der Waals surface area contributed by atoms with Crippen LogP contribution in [-0.2, 0) is 16.1 Å². The molecule has 1 amide bonds. The first-order chi connectivity index (χ1) is 10.1. The molecule has 21 heavy (non-hydrogen) atoms. The van der Waals surface area contributed by atoms with Crippen LogP contribution >= 0.6 is 11.3 Å². The van der Waals surface area contributed by atoms with E-state index in [1.807, 2.05) is 38.1 Å². The van der Waals surface area contributed by atoms with Crippen LogP contribution in [0.15, 0.2) is 24.3 Å². The summed E-state index contributed by atoms with van der Waals surface area (Å²) >= 11 is 1.70. The third-order valence-corrected chi connectivity index (χ3v) is 3.95. The fraction of sp³-hybridized carbons (Fsp3) is 0.333. The number of hydrogen-bond donors (Lipinski definition) is 2. The number of nitrogens with one attached hydrogen (secondary N) is 2. The number of rotatable bonds is 6. The molecular formula is C15H19N3O2S. The van der Waals surface area contributed by atoms with Gasteiger partial charge in [0.2, 0.25) is 5.91 Å². The summed E-state index contributed by atoms with van der Waals surface area (Å²) in [5, 5.41) is 7.21. The quantitative estimate of drug-likeness (QED) is 0.861. The molecule has 2 aromatic rings. The van der Waals surface area contributed by atoms with Crippen LogP contribution in [0.2, 0.25) is 0 Å². The molecule has 2 rings (SSSR count). The Morgan fingerprint density at radius 3 is 2.76 bits per heavy atom. The monoisotopic (exact) mass is 305 g/mol. The number of nitrogens with zero attached hydrogens (tertiary/aromatic N) is 1. The highest BCUT2D eigenvalue weighted by molar-refractivity contribution is 7.11. The first-order valence-corrected chi connectivity index (χ1v) is 7.46. The van der Waals surface area contributed by atoms with Crippen molar-refractivity contribution in [3.05, 3.63) is 39.8 Å². The Balaban J connectivity index is 1.97. The summed E-state index contributed by atoms with van der Waals surface area (Å²) in [6, 6.07) is 7.61. The van der Waals surface area contributed by atoms with Gasteiger partial charge < -0.3 is 15.4 Å². The Bertz CT molecular complexity index is 625. The zero-order valence-corrected chi connectivity index (χ0v) is 13.2. The van der Waals surface area contributed by atoms with Crippen molar-refractivity contribution in [1.29, 1.82) is 0 Å². The van der Waals surface area contributed by atoms with Gasteiger partial charge in [-0.2, -0.15) is 0 Å². The van der Waals surface area contributed by atoms with E-state index in [4.69, 9.17) is 4.74 Å². The molecule has 0 bridgehead atoms. The van der Waals surface area contributed by atoms with Gasteiger partial charge in [-0.05, 0) is 32.0 Å². The van der Waals surface area contributed by atoms with Crippen LogP contribution in [0, 0.1) is 13.8 Å². The SMILES string of the molecule is COCC(=O)Nc1cccc(NCc2sc(C)nc2C)c1. The Hall–Kier alpha value is -1.92. The largest absolute Gasteiger partial charge is 0.380 e. The predicted octanol–water partition coefficient (Wildman–Crippen LogP) is 2.96. The Kier molecular flexibility index (Phi) is 5.30. The van der Waals surface area contributed by atoms with Crippen molar-refractivity contribution in [3.63, 3.8) is 0 Å². The molecule has 1 heterocycles. The summed E-state index contributed by atoms with van der Waals surface area (Å²) in [5.74, 6) is -0.163. The highest BCUT2D eigenvalue weighted by Crippen LogP contribution is 2.20. The van der Waals surface area contributed by atoms with E-state index in [1.54, 1.807) is 11.3 Å². The fourth-order valence-corrected chi connectivity index (χ4v) is 2.83. The molecule has 0 fully saturated rings. The fourth-order valence-electron chi connectivity index (χ4n) is 1.95. The number of hydrogen-bond acceptors (Lipinski definition) is 5. The zero-order chi connectivity index (χ0) is 15.2. The first kappa shape index (κ1) is 15.5. The van der Waals surface area contributed by atoms with Gasteiger partial charge in [0.05, 0.1) is 17.2 Å². The molecule has 0 saturated heterocycles. The lowest BCUT2D eigenvalue weighted by Gasteiger charge is -2.09. The average molecular weight is 305 g/mol. The Morgan fingerprint density at radius 2 is 2.10 bits per heavy atom. The van der Waals surface area contributed by atoms with Crippen molar-refractivity contribution < 1.29 is 9.53 Å². The molecule has 0 aliphatic rings. The molecule has 0 spiro atoms. The number of methoxy groups -OCH3 is 1. The summed E-state index contributed by atoms with van der Waals surface area (Å²) < 4.78 is 4.79. The number of carbonyl (C=O) groups excluding carboxylic acids is 1. The van der Waals surface area contributed by atoms with Gasteiger partial charge >= 0.3 is 0 Å². The molecule has 5 nitrogen and oxygen atoms in total. The van der Waals surface area contributed by atoms with Crippen LogP contribution in [0.4, 0.5) is 11.4 Å². The summed E-state index contributed by atoms with van der Waals surface area (Å²) in [6.45, 7) is 4.80. The van der Waals surface area contributed by atoms with E-state index >= 15 is 0 Å². The van der Waals surface area contributed by atoms with E-state index in [1.165, 1.54) is 12.0 Å². The molecule has 1 aromatic carbocycles. The van der Waals surface area contributed by atoms with E-state index in [2.05, 4.69) is 15.6 Å². The van der Waals surface area contributed by atoms with Gasteiger partial charge in [0.15, 0.2) is 0 Å². The second-order valence-electron chi connectivity index (χ2n) is 4.66. The zero-order valence-electron chi connectivity index (χ0n) is 12.4. The van der Waals surface area contributed by atoms with Crippen LogP contribution < -0.4 is 10.6 Å². The molecule has 112 valence electrons. The van der Waals surface area contributed by atoms with Crippen LogP contribution in [0.1, 0.15) is 15.6 Å². The Morgan fingerprint density at radius 1 is 1.33 bits per heavy atom. The van der Waals surface area contributed by atoms with Gasteiger partial charge in [-0.1, -0.05) is 6.07 Å². The molecule has 0 saturated carbocycles. The van der Waals surface area contributed by atoms with Crippen LogP contribution in [0.25, 0.3) is 0 Å². The van der Waals surface area contributed by atoms with Gasteiger partial charge in [-0.15, -0.1) is 11.3 Å². The standard InChI is InChI=1S/C15H19N3O2S/c1-10-14(21-11(2)17-10)8-16-12-5-4-6-13(7-12)18-15(19)9-20-3/h4-7,16H,8-9H2,1-3H3,(H,18,19). The number of ether oxygens (including phenoxy) is 1. The van der Waals surface area contributed by atoms with Crippen molar-refractivity contribution in [2.24, 2.45) is 0 Å². The van der Waals surface area contributed by atoms with Gasteiger partial charge in [-0.3, -0.25) is 4.79 Å². The maximum Gasteiger partial charge on any atom is 0.250 e. The van der Waals surface area contributed by atoms with E-state index in [-0.39, 0.29) is 12.5 Å². The number of aryl methyl sites for hydroxylation is 2.